The Morgan fingerprint density at radius 1 is 1.28 bits per heavy atom. The Hall–Kier alpha value is -0.150. The fourth-order valence-corrected chi connectivity index (χ4v) is 1.76. The minimum absolute atomic E-state index is 0.0996. The van der Waals surface area contributed by atoms with Gasteiger partial charge in [-0.1, -0.05) is 50.5 Å². The Morgan fingerprint density at radius 2 is 1.78 bits per heavy atom. The van der Waals surface area contributed by atoms with Crippen molar-refractivity contribution in [3.05, 3.63) is 28.7 Å². The minimum Gasteiger partial charge on any atom is -0.385 e. The molecule has 0 radical (unpaired) electrons. The number of hydrogen-bond donors (Lipinski definition) is 2. The van der Waals surface area contributed by atoms with E-state index in [1.807, 2.05) is 26.0 Å². The quantitative estimate of drug-likeness (QED) is 0.667. The standard InChI is InChI=1S/C13H20BrNS.C2H6/c1-4-13(3,16)10(2)9-15-12-7-5-11(14)6-8-12;1-2/h5-8,10,15-16H,4,9H2,1-3H3;1-2H3. The molecule has 2 unspecified atom stereocenters. The van der Waals surface area contributed by atoms with Crippen LogP contribution in [0.2, 0.25) is 0 Å². The summed E-state index contributed by atoms with van der Waals surface area (Å²) >= 11 is 8.13. The normalized spacial score (nSPS) is 15.1. The van der Waals surface area contributed by atoms with E-state index in [9.17, 15) is 0 Å². The van der Waals surface area contributed by atoms with Crippen LogP contribution in [0, 0.1) is 5.92 Å². The molecule has 0 spiro atoms. The molecule has 1 aromatic carbocycles. The maximum Gasteiger partial charge on any atom is 0.0341 e. The lowest BCUT2D eigenvalue weighted by molar-refractivity contribution is 0.442. The number of rotatable bonds is 5. The summed E-state index contributed by atoms with van der Waals surface area (Å²) in [6, 6.07) is 8.26. The van der Waals surface area contributed by atoms with E-state index in [1.54, 1.807) is 0 Å². The van der Waals surface area contributed by atoms with Gasteiger partial charge < -0.3 is 5.32 Å². The predicted octanol–water partition coefficient (Wildman–Crippen LogP) is 5.62. The molecule has 0 aliphatic rings. The van der Waals surface area contributed by atoms with Crippen LogP contribution in [-0.2, 0) is 0 Å². The number of hydrogen-bond acceptors (Lipinski definition) is 2. The first-order chi connectivity index (χ1) is 8.45. The van der Waals surface area contributed by atoms with E-state index in [1.165, 1.54) is 0 Å². The smallest absolute Gasteiger partial charge is 0.0341 e. The zero-order valence-electron chi connectivity index (χ0n) is 12.1. The number of anilines is 1. The van der Waals surface area contributed by atoms with Gasteiger partial charge >= 0.3 is 0 Å². The predicted molar refractivity (Wildman–Crippen MR) is 90.8 cm³/mol. The molecule has 3 heteroatoms. The maximum absolute atomic E-state index is 4.70. The second-order valence-electron chi connectivity index (χ2n) is 4.50. The lowest BCUT2D eigenvalue weighted by Crippen LogP contribution is -2.31. The highest BCUT2D eigenvalue weighted by Crippen LogP contribution is 2.28. The van der Waals surface area contributed by atoms with Crippen LogP contribution in [-0.4, -0.2) is 11.3 Å². The van der Waals surface area contributed by atoms with Gasteiger partial charge in [0.25, 0.3) is 0 Å². The summed E-state index contributed by atoms with van der Waals surface area (Å²) in [6.45, 7) is 11.6. The van der Waals surface area contributed by atoms with Crippen molar-refractivity contribution in [2.75, 3.05) is 11.9 Å². The first-order valence-corrected chi connectivity index (χ1v) is 7.91. The third kappa shape index (κ3) is 6.14. The van der Waals surface area contributed by atoms with E-state index in [2.05, 4.69) is 54.2 Å². The molecule has 1 aromatic rings. The molecule has 1 N–H and O–H groups in total. The van der Waals surface area contributed by atoms with E-state index in [0.29, 0.717) is 5.92 Å². The maximum atomic E-state index is 4.70. The fourth-order valence-electron chi connectivity index (χ4n) is 1.41. The molecule has 1 nitrogen and oxygen atoms in total. The van der Waals surface area contributed by atoms with Gasteiger partial charge in [0.05, 0.1) is 0 Å². The third-order valence-electron chi connectivity index (χ3n) is 3.23. The van der Waals surface area contributed by atoms with E-state index >= 15 is 0 Å². The zero-order valence-corrected chi connectivity index (χ0v) is 14.6. The topological polar surface area (TPSA) is 12.0 Å². The van der Waals surface area contributed by atoms with Crippen LogP contribution in [0.5, 0.6) is 0 Å². The van der Waals surface area contributed by atoms with Crippen molar-refractivity contribution in [3.8, 4) is 0 Å². The molecule has 104 valence electrons. The van der Waals surface area contributed by atoms with Crippen molar-refractivity contribution in [2.24, 2.45) is 5.92 Å². The minimum atomic E-state index is 0.0996. The van der Waals surface area contributed by atoms with Gasteiger partial charge in [0.2, 0.25) is 0 Å². The van der Waals surface area contributed by atoms with Crippen LogP contribution in [0.1, 0.15) is 41.0 Å². The Kier molecular flexibility index (Phi) is 8.79. The van der Waals surface area contributed by atoms with Crippen LogP contribution in [0.3, 0.4) is 0 Å². The molecule has 0 saturated heterocycles. The van der Waals surface area contributed by atoms with Crippen molar-refractivity contribution in [1.82, 2.24) is 0 Å². The molecular formula is C15H26BrNS. The zero-order chi connectivity index (χ0) is 14.2. The van der Waals surface area contributed by atoms with Crippen LogP contribution in [0.25, 0.3) is 0 Å². The fraction of sp³-hybridized carbons (Fsp3) is 0.600. The van der Waals surface area contributed by atoms with Gasteiger partial charge in [0, 0.05) is 21.5 Å². The summed E-state index contributed by atoms with van der Waals surface area (Å²) in [4.78, 5) is 0. The van der Waals surface area contributed by atoms with E-state index < -0.39 is 0 Å². The number of benzene rings is 1. The highest BCUT2D eigenvalue weighted by atomic mass is 79.9. The van der Waals surface area contributed by atoms with Gasteiger partial charge in [-0.25, -0.2) is 0 Å². The lowest BCUT2D eigenvalue weighted by Gasteiger charge is -2.30. The van der Waals surface area contributed by atoms with Crippen LogP contribution < -0.4 is 5.32 Å². The van der Waals surface area contributed by atoms with E-state index in [4.69, 9.17) is 12.6 Å². The Balaban J connectivity index is 0.00000137. The number of halogens is 1. The summed E-state index contributed by atoms with van der Waals surface area (Å²) in [5, 5.41) is 3.44. The first kappa shape index (κ1) is 17.8. The first-order valence-electron chi connectivity index (χ1n) is 6.67. The van der Waals surface area contributed by atoms with Crippen molar-refractivity contribution < 1.29 is 0 Å². The molecule has 0 aliphatic carbocycles. The summed E-state index contributed by atoms with van der Waals surface area (Å²) in [6.07, 6.45) is 1.08. The second-order valence-corrected chi connectivity index (χ2v) is 6.44. The Bertz CT molecular complexity index is 322. The summed E-state index contributed by atoms with van der Waals surface area (Å²) in [5.74, 6) is 0.532. The van der Waals surface area contributed by atoms with Crippen molar-refractivity contribution >= 4 is 34.2 Å². The molecule has 0 amide bonds. The van der Waals surface area contributed by atoms with E-state index in [-0.39, 0.29) is 4.75 Å². The molecule has 0 heterocycles. The summed E-state index contributed by atoms with van der Waals surface area (Å²) < 4.78 is 1.21. The van der Waals surface area contributed by atoms with Crippen LogP contribution in [0.15, 0.2) is 28.7 Å². The summed E-state index contributed by atoms with van der Waals surface area (Å²) in [5.41, 5.74) is 1.16. The second kappa shape index (κ2) is 8.87. The molecule has 0 fully saturated rings. The van der Waals surface area contributed by atoms with Gasteiger partial charge in [-0.2, -0.15) is 12.6 Å². The monoisotopic (exact) mass is 331 g/mol. The Morgan fingerprint density at radius 3 is 2.22 bits per heavy atom. The largest absolute Gasteiger partial charge is 0.385 e. The van der Waals surface area contributed by atoms with Crippen molar-refractivity contribution in [2.45, 2.75) is 45.8 Å². The molecule has 2 atom stereocenters. The van der Waals surface area contributed by atoms with Crippen LogP contribution >= 0.6 is 28.6 Å². The average molecular weight is 332 g/mol. The molecule has 0 aromatic heterocycles. The molecule has 0 saturated carbocycles. The molecular weight excluding hydrogens is 306 g/mol. The third-order valence-corrected chi connectivity index (χ3v) is 4.52. The number of thiol groups is 1. The lowest BCUT2D eigenvalue weighted by atomic mass is 9.92. The molecule has 0 aliphatic heterocycles. The van der Waals surface area contributed by atoms with Crippen molar-refractivity contribution in [1.29, 1.82) is 0 Å². The van der Waals surface area contributed by atoms with E-state index in [0.717, 1.165) is 23.1 Å². The van der Waals surface area contributed by atoms with Gasteiger partial charge in [0.1, 0.15) is 0 Å². The van der Waals surface area contributed by atoms with Gasteiger partial charge in [-0.05, 0) is 36.6 Å². The van der Waals surface area contributed by atoms with Crippen molar-refractivity contribution in [3.63, 3.8) is 0 Å². The SMILES string of the molecule is CC.CCC(C)(S)C(C)CNc1ccc(Br)cc1. The Labute approximate surface area is 126 Å². The molecule has 1 rings (SSSR count). The summed E-state index contributed by atoms with van der Waals surface area (Å²) in [7, 11) is 0. The van der Waals surface area contributed by atoms with Crippen LogP contribution in [0.4, 0.5) is 5.69 Å². The average Bonchev–Trinajstić information content (AvgIpc) is 2.40. The number of nitrogens with one attached hydrogen (secondary N) is 1. The van der Waals surface area contributed by atoms with Gasteiger partial charge in [-0.3, -0.25) is 0 Å². The molecule has 18 heavy (non-hydrogen) atoms. The van der Waals surface area contributed by atoms with Gasteiger partial charge in [-0.15, -0.1) is 0 Å². The highest BCUT2D eigenvalue weighted by molar-refractivity contribution is 9.10. The molecule has 0 bridgehead atoms. The van der Waals surface area contributed by atoms with Gasteiger partial charge in [0.15, 0.2) is 0 Å². The highest BCUT2D eigenvalue weighted by Gasteiger charge is 2.24.